The third-order valence-electron chi connectivity index (χ3n) is 1.06. The third kappa shape index (κ3) is 3.45. The van der Waals surface area contributed by atoms with Gasteiger partial charge in [-0.2, -0.15) is 0 Å². The van der Waals surface area contributed by atoms with Crippen LogP contribution < -0.4 is 10.9 Å². The molecule has 0 saturated heterocycles. The second-order valence-electron chi connectivity index (χ2n) is 1.69. The highest BCUT2D eigenvalue weighted by Crippen LogP contribution is 1.96. The summed E-state index contributed by atoms with van der Waals surface area (Å²) in [6, 6.07) is 3.29. The molecular formula is C8H14N2O. The van der Waals surface area contributed by atoms with Crippen molar-refractivity contribution in [2.75, 3.05) is 12.4 Å². The Hall–Kier alpha value is -1.25. The van der Waals surface area contributed by atoms with Crippen LogP contribution in [-0.4, -0.2) is 12.0 Å². The normalized spacial score (nSPS) is 7.91. The van der Waals surface area contributed by atoms with Crippen molar-refractivity contribution in [3.63, 3.8) is 0 Å². The van der Waals surface area contributed by atoms with E-state index in [1.807, 2.05) is 13.8 Å². The minimum atomic E-state index is -0.0816. The molecule has 11 heavy (non-hydrogen) atoms. The Labute approximate surface area is 66.5 Å². The van der Waals surface area contributed by atoms with Gasteiger partial charge in [0.25, 0.3) is 0 Å². The maximum atomic E-state index is 10.6. The number of nitrogens with one attached hydrogen (secondary N) is 2. The van der Waals surface area contributed by atoms with Crippen LogP contribution >= 0.6 is 0 Å². The van der Waals surface area contributed by atoms with E-state index in [0.717, 1.165) is 5.69 Å². The lowest BCUT2D eigenvalue weighted by Gasteiger charge is -1.93. The van der Waals surface area contributed by atoms with E-state index in [1.165, 1.54) is 6.07 Å². The summed E-state index contributed by atoms with van der Waals surface area (Å²) in [5.41, 5.74) is 0.751. The topological polar surface area (TPSA) is 44.9 Å². The van der Waals surface area contributed by atoms with Gasteiger partial charge in [-0.25, -0.2) is 0 Å². The van der Waals surface area contributed by atoms with Crippen molar-refractivity contribution in [2.45, 2.75) is 13.8 Å². The first-order valence-electron chi connectivity index (χ1n) is 3.69. The van der Waals surface area contributed by atoms with E-state index in [0.29, 0.717) is 0 Å². The second kappa shape index (κ2) is 5.53. The van der Waals surface area contributed by atoms with E-state index in [9.17, 15) is 4.79 Å². The maximum Gasteiger partial charge on any atom is 0.249 e. The summed E-state index contributed by atoms with van der Waals surface area (Å²) >= 11 is 0. The number of aromatic nitrogens is 1. The van der Waals surface area contributed by atoms with Crippen LogP contribution in [0, 0.1) is 0 Å². The number of aromatic amines is 1. The van der Waals surface area contributed by atoms with Gasteiger partial charge < -0.3 is 10.3 Å². The Morgan fingerprint density at radius 2 is 2.09 bits per heavy atom. The molecule has 0 aliphatic carbocycles. The Bertz CT molecular complexity index is 242. The van der Waals surface area contributed by atoms with Crippen molar-refractivity contribution in [2.24, 2.45) is 0 Å². The Balaban J connectivity index is 0.000000461. The van der Waals surface area contributed by atoms with Crippen LogP contribution in [0.4, 0.5) is 5.69 Å². The quantitative estimate of drug-likeness (QED) is 0.643. The number of hydrogen-bond donors (Lipinski definition) is 2. The molecule has 0 spiro atoms. The van der Waals surface area contributed by atoms with E-state index < -0.39 is 0 Å². The zero-order chi connectivity index (χ0) is 8.69. The van der Waals surface area contributed by atoms with Crippen LogP contribution in [0.3, 0.4) is 0 Å². The molecule has 1 heterocycles. The van der Waals surface area contributed by atoms with Gasteiger partial charge in [0.05, 0.1) is 0 Å². The van der Waals surface area contributed by atoms with E-state index in [2.05, 4.69) is 10.3 Å². The van der Waals surface area contributed by atoms with Crippen LogP contribution in [0.15, 0.2) is 23.1 Å². The summed E-state index contributed by atoms with van der Waals surface area (Å²) in [5.74, 6) is 0. The van der Waals surface area contributed by atoms with Gasteiger partial charge in [-0.15, -0.1) is 0 Å². The SMILES string of the molecule is CC.CNc1cc[nH]c(=O)c1. The molecule has 0 unspecified atom stereocenters. The van der Waals surface area contributed by atoms with Gasteiger partial charge >= 0.3 is 0 Å². The Morgan fingerprint density at radius 3 is 2.45 bits per heavy atom. The zero-order valence-electron chi connectivity index (χ0n) is 7.14. The molecule has 1 aromatic heterocycles. The molecule has 0 aliphatic rings. The first-order chi connectivity index (χ1) is 5.33. The average Bonchev–Trinajstić information content (AvgIpc) is 2.08. The van der Waals surface area contributed by atoms with Crippen LogP contribution in [0.5, 0.6) is 0 Å². The fourth-order valence-electron chi connectivity index (χ4n) is 0.600. The standard InChI is InChI=1S/C6H8N2O.C2H6/c1-7-5-2-3-8-6(9)4-5;1-2/h2-4H,1H3,(H2,7,8,9);1-2H3. The maximum absolute atomic E-state index is 10.6. The van der Waals surface area contributed by atoms with E-state index in [-0.39, 0.29) is 5.56 Å². The lowest BCUT2D eigenvalue weighted by Crippen LogP contribution is -2.03. The fraction of sp³-hybridized carbons (Fsp3) is 0.375. The van der Waals surface area contributed by atoms with Crippen molar-refractivity contribution in [3.05, 3.63) is 28.7 Å². The molecule has 0 aliphatic heterocycles. The van der Waals surface area contributed by atoms with Gasteiger partial charge in [-0.3, -0.25) is 4.79 Å². The number of pyridine rings is 1. The molecule has 0 saturated carbocycles. The monoisotopic (exact) mass is 154 g/mol. The molecule has 1 rings (SSSR count). The third-order valence-corrected chi connectivity index (χ3v) is 1.06. The minimum Gasteiger partial charge on any atom is -0.388 e. The van der Waals surface area contributed by atoms with Gasteiger partial charge in [-0.1, -0.05) is 13.8 Å². The smallest absolute Gasteiger partial charge is 0.249 e. The summed E-state index contributed by atoms with van der Waals surface area (Å²) in [6.45, 7) is 4.00. The van der Waals surface area contributed by atoms with Crippen molar-refractivity contribution >= 4 is 5.69 Å². The summed E-state index contributed by atoms with van der Waals surface area (Å²) in [7, 11) is 1.77. The molecule has 62 valence electrons. The zero-order valence-corrected chi connectivity index (χ0v) is 7.14. The van der Waals surface area contributed by atoms with Gasteiger partial charge in [0.2, 0.25) is 5.56 Å². The summed E-state index contributed by atoms with van der Waals surface area (Å²) in [5, 5.41) is 2.85. The van der Waals surface area contributed by atoms with Crippen LogP contribution in [0.2, 0.25) is 0 Å². The lowest BCUT2D eigenvalue weighted by atomic mass is 10.4. The molecule has 0 bridgehead atoms. The molecule has 0 radical (unpaired) electrons. The van der Waals surface area contributed by atoms with E-state index in [4.69, 9.17) is 0 Å². The van der Waals surface area contributed by atoms with Crippen LogP contribution in [-0.2, 0) is 0 Å². The fourth-order valence-corrected chi connectivity index (χ4v) is 0.600. The highest BCUT2D eigenvalue weighted by Gasteiger charge is 1.84. The first-order valence-corrected chi connectivity index (χ1v) is 3.69. The summed E-state index contributed by atoms with van der Waals surface area (Å²) in [4.78, 5) is 13.1. The van der Waals surface area contributed by atoms with Crippen molar-refractivity contribution < 1.29 is 0 Å². The van der Waals surface area contributed by atoms with Crippen molar-refractivity contribution in [1.82, 2.24) is 4.98 Å². The average molecular weight is 154 g/mol. The number of H-pyrrole nitrogens is 1. The molecule has 3 heteroatoms. The van der Waals surface area contributed by atoms with Gasteiger partial charge in [0.1, 0.15) is 0 Å². The van der Waals surface area contributed by atoms with Gasteiger partial charge in [0.15, 0.2) is 0 Å². The molecule has 2 N–H and O–H groups in total. The van der Waals surface area contributed by atoms with E-state index in [1.54, 1.807) is 19.3 Å². The van der Waals surface area contributed by atoms with Crippen LogP contribution in [0.25, 0.3) is 0 Å². The summed E-state index contributed by atoms with van der Waals surface area (Å²) in [6.07, 6.45) is 1.61. The van der Waals surface area contributed by atoms with Crippen molar-refractivity contribution in [3.8, 4) is 0 Å². The van der Waals surface area contributed by atoms with Gasteiger partial charge in [-0.05, 0) is 6.07 Å². The largest absolute Gasteiger partial charge is 0.388 e. The molecule has 0 amide bonds. The Morgan fingerprint density at radius 1 is 1.45 bits per heavy atom. The molecule has 3 nitrogen and oxygen atoms in total. The highest BCUT2D eigenvalue weighted by molar-refractivity contribution is 5.39. The minimum absolute atomic E-state index is 0.0816. The predicted octanol–water partition coefficient (Wildman–Crippen LogP) is 1.44. The van der Waals surface area contributed by atoms with Gasteiger partial charge in [0, 0.05) is 25.0 Å². The summed E-state index contributed by atoms with van der Waals surface area (Å²) < 4.78 is 0. The Kier molecular flexibility index (Phi) is 4.90. The van der Waals surface area contributed by atoms with E-state index >= 15 is 0 Å². The molecular weight excluding hydrogens is 140 g/mol. The number of rotatable bonds is 1. The number of anilines is 1. The molecule has 0 fully saturated rings. The highest BCUT2D eigenvalue weighted by atomic mass is 16.1. The second-order valence-corrected chi connectivity index (χ2v) is 1.69. The number of hydrogen-bond acceptors (Lipinski definition) is 2. The lowest BCUT2D eigenvalue weighted by molar-refractivity contribution is 1.23. The first kappa shape index (κ1) is 9.75. The van der Waals surface area contributed by atoms with Crippen molar-refractivity contribution in [1.29, 1.82) is 0 Å². The molecule has 1 aromatic rings. The van der Waals surface area contributed by atoms with Crippen LogP contribution in [0.1, 0.15) is 13.8 Å². The molecule has 0 atom stereocenters. The predicted molar refractivity (Wildman–Crippen MR) is 48.0 cm³/mol. The molecule has 0 aromatic carbocycles.